The first-order valence-corrected chi connectivity index (χ1v) is 10.4. The molecule has 0 bridgehead atoms. The van der Waals surface area contributed by atoms with Crippen molar-refractivity contribution in [3.8, 4) is 0 Å². The van der Waals surface area contributed by atoms with Crippen molar-refractivity contribution < 1.29 is 13.9 Å². The number of halogens is 1. The van der Waals surface area contributed by atoms with Gasteiger partial charge < -0.3 is 10.1 Å². The van der Waals surface area contributed by atoms with E-state index in [1.54, 1.807) is 19.1 Å². The zero-order valence-corrected chi connectivity index (χ0v) is 17.1. The van der Waals surface area contributed by atoms with Gasteiger partial charge >= 0.3 is 0 Å². The molecule has 1 aliphatic carbocycles. The second-order valence-electron chi connectivity index (χ2n) is 7.68. The predicted molar refractivity (Wildman–Crippen MR) is 110 cm³/mol. The van der Waals surface area contributed by atoms with Crippen LogP contribution in [-0.4, -0.2) is 65.6 Å². The summed E-state index contributed by atoms with van der Waals surface area (Å²) in [6.07, 6.45) is 5.96. The van der Waals surface area contributed by atoms with Gasteiger partial charge in [0, 0.05) is 37.3 Å². The number of morpholine rings is 1. The van der Waals surface area contributed by atoms with Gasteiger partial charge in [-0.25, -0.2) is 9.37 Å². The number of hydrogen-bond donors (Lipinski definition) is 1. The average molecular weight is 415 g/mol. The van der Waals surface area contributed by atoms with Crippen LogP contribution in [0.25, 0.3) is 0 Å². The van der Waals surface area contributed by atoms with E-state index in [2.05, 4.69) is 20.3 Å². The van der Waals surface area contributed by atoms with Crippen LogP contribution in [0.3, 0.4) is 0 Å². The topological polar surface area (TPSA) is 88.8 Å². The first-order valence-electron chi connectivity index (χ1n) is 10.4. The molecule has 3 heterocycles. The van der Waals surface area contributed by atoms with E-state index in [0.29, 0.717) is 29.3 Å². The molecule has 8 nitrogen and oxygen atoms in total. The molecule has 1 fully saturated rings. The van der Waals surface area contributed by atoms with E-state index in [1.807, 2.05) is 0 Å². The summed E-state index contributed by atoms with van der Waals surface area (Å²) in [5, 5.41) is 7.14. The van der Waals surface area contributed by atoms with Crippen molar-refractivity contribution in [2.24, 2.45) is 5.10 Å². The number of nitrogens with one attached hydrogen (secondary N) is 1. The van der Waals surface area contributed by atoms with Crippen LogP contribution in [0, 0.1) is 6.92 Å². The maximum atomic E-state index is 14.2. The van der Waals surface area contributed by atoms with Crippen LogP contribution in [0.15, 0.2) is 34.0 Å². The van der Waals surface area contributed by atoms with E-state index >= 15 is 0 Å². The Bertz CT molecular complexity index is 976. The molecular weight excluding hydrogens is 389 g/mol. The molecule has 1 atom stereocenters. The van der Waals surface area contributed by atoms with Gasteiger partial charge in [-0.05, 0) is 38.5 Å². The van der Waals surface area contributed by atoms with Crippen LogP contribution in [-0.2, 0) is 16.0 Å². The first kappa shape index (κ1) is 20.6. The van der Waals surface area contributed by atoms with Crippen LogP contribution in [0.5, 0.6) is 0 Å². The molecule has 1 amide bonds. The van der Waals surface area contributed by atoms with Gasteiger partial charge in [0.05, 0.1) is 18.9 Å². The van der Waals surface area contributed by atoms with Gasteiger partial charge in [0.2, 0.25) is 5.91 Å². The maximum Gasteiger partial charge on any atom is 0.277 e. The molecule has 30 heavy (non-hydrogen) atoms. The van der Waals surface area contributed by atoms with Gasteiger partial charge in [0.15, 0.2) is 0 Å². The number of aryl methyl sites for hydroxylation is 1. The number of aromatic nitrogens is 2. The quantitative estimate of drug-likeness (QED) is 0.673. The molecule has 4 rings (SSSR count). The molecular formula is C21H26FN5O3. The minimum absolute atomic E-state index is 0.0989. The van der Waals surface area contributed by atoms with Crippen LogP contribution in [0.4, 0.5) is 4.39 Å². The summed E-state index contributed by atoms with van der Waals surface area (Å²) in [6, 6.07) is 0. The Morgan fingerprint density at radius 2 is 2.17 bits per heavy atom. The highest BCUT2D eigenvalue weighted by Crippen LogP contribution is 2.33. The highest BCUT2D eigenvalue weighted by Gasteiger charge is 2.34. The monoisotopic (exact) mass is 415 g/mol. The van der Waals surface area contributed by atoms with Crippen LogP contribution < -0.4 is 10.9 Å². The molecule has 0 aromatic carbocycles. The van der Waals surface area contributed by atoms with Gasteiger partial charge in [-0.3, -0.25) is 14.5 Å². The zero-order chi connectivity index (χ0) is 21.1. The third-order valence-electron chi connectivity index (χ3n) is 5.63. The lowest BCUT2D eigenvalue weighted by Crippen LogP contribution is -2.38. The van der Waals surface area contributed by atoms with Crippen LogP contribution in [0.2, 0.25) is 0 Å². The summed E-state index contributed by atoms with van der Waals surface area (Å²) in [7, 11) is 0. The molecule has 3 aliphatic rings. The normalized spacial score (nSPS) is 20.4. The second-order valence-corrected chi connectivity index (χ2v) is 7.68. The van der Waals surface area contributed by atoms with Crippen molar-refractivity contribution in [3.63, 3.8) is 0 Å². The van der Waals surface area contributed by atoms with Crippen LogP contribution in [0.1, 0.15) is 35.8 Å². The van der Waals surface area contributed by atoms with Gasteiger partial charge in [0.25, 0.3) is 5.56 Å². The number of rotatable bonds is 7. The summed E-state index contributed by atoms with van der Waals surface area (Å²) in [5.74, 6) is -0.900. The smallest absolute Gasteiger partial charge is 0.277 e. The number of carbonyl (C=O) groups excluding carboxylic acids is 1. The van der Waals surface area contributed by atoms with E-state index in [-0.39, 0.29) is 30.1 Å². The molecule has 0 radical (unpaired) electrons. The molecule has 2 aliphatic heterocycles. The molecule has 160 valence electrons. The van der Waals surface area contributed by atoms with Gasteiger partial charge in [0.1, 0.15) is 17.6 Å². The number of allylic oxidation sites excluding steroid dienone is 4. The lowest BCUT2D eigenvalue weighted by molar-refractivity contribution is -0.121. The molecule has 1 aromatic rings. The third kappa shape index (κ3) is 4.27. The van der Waals surface area contributed by atoms with E-state index in [0.717, 1.165) is 39.3 Å². The SMILES string of the molecule is Cc1nc2n(c(=O)c1CCC(=O)NCCCN1CCOCC1)N=C1C=CC=C(F)C12. The highest BCUT2D eigenvalue weighted by molar-refractivity contribution is 6.04. The average Bonchev–Trinajstić information content (AvgIpc) is 3.12. The fourth-order valence-electron chi connectivity index (χ4n) is 3.96. The number of amides is 1. The molecule has 0 saturated carbocycles. The summed E-state index contributed by atoms with van der Waals surface area (Å²) in [6.45, 7) is 6.65. The fourth-order valence-corrected chi connectivity index (χ4v) is 3.96. The van der Waals surface area contributed by atoms with Crippen molar-refractivity contribution in [1.29, 1.82) is 0 Å². The van der Waals surface area contributed by atoms with Gasteiger partial charge in [-0.1, -0.05) is 6.08 Å². The molecule has 0 spiro atoms. The predicted octanol–water partition coefficient (Wildman–Crippen LogP) is 1.05. The van der Waals surface area contributed by atoms with Crippen LogP contribution >= 0.6 is 0 Å². The Balaban J connectivity index is 1.33. The van der Waals surface area contributed by atoms with Gasteiger partial charge in [-0.2, -0.15) is 9.78 Å². The Labute approximate surface area is 174 Å². The number of nitrogens with zero attached hydrogens (tertiary/aromatic N) is 4. The minimum Gasteiger partial charge on any atom is -0.379 e. The highest BCUT2D eigenvalue weighted by atomic mass is 19.1. The molecule has 1 saturated heterocycles. The maximum absolute atomic E-state index is 14.2. The van der Waals surface area contributed by atoms with E-state index in [9.17, 15) is 14.0 Å². The molecule has 1 aromatic heterocycles. The van der Waals surface area contributed by atoms with Crippen molar-refractivity contribution >= 4 is 11.6 Å². The Morgan fingerprint density at radius 3 is 2.97 bits per heavy atom. The summed E-state index contributed by atoms with van der Waals surface area (Å²) < 4.78 is 20.7. The van der Waals surface area contributed by atoms with E-state index in [1.165, 1.54) is 10.8 Å². The molecule has 9 heteroatoms. The largest absolute Gasteiger partial charge is 0.379 e. The van der Waals surface area contributed by atoms with Crippen molar-refractivity contribution in [3.05, 3.63) is 51.5 Å². The van der Waals surface area contributed by atoms with Crippen molar-refractivity contribution in [2.45, 2.75) is 32.1 Å². The number of carbonyl (C=O) groups is 1. The van der Waals surface area contributed by atoms with E-state index < -0.39 is 5.92 Å². The summed E-state index contributed by atoms with van der Waals surface area (Å²) in [4.78, 5) is 31.8. The number of hydrogen-bond acceptors (Lipinski definition) is 6. The lowest BCUT2D eigenvalue weighted by Gasteiger charge is -2.26. The summed E-state index contributed by atoms with van der Waals surface area (Å²) in [5.41, 5.74) is 1.10. The summed E-state index contributed by atoms with van der Waals surface area (Å²) >= 11 is 0. The number of fused-ring (bicyclic) bond motifs is 3. The fraction of sp³-hybridized carbons (Fsp3) is 0.524. The van der Waals surface area contributed by atoms with E-state index in [4.69, 9.17) is 4.74 Å². The first-order chi connectivity index (χ1) is 14.5. The molecule has 1 N–H and O–H groups in total. The van der Waals surface area contributed by atoms with Crippen molar-refractivity contribution in [1.82, 2.24) is 19.9 Å². The molecule has 1 unspecified atom stereocenters. The number of ether oxygens (including phenoxy) is 1. The Hall–Kier alpha value is -2.65. The minimum atomic E-state index is -0.717. The second kappa shape index (κ2) is 9.01. The van der Waals surface area contributed by atoms with Crippen molar-refractivity contribution in [2.75, 3.05) is 39.4 Å². The third-order valence-corrected chi connectivity index (χ3v) is 5.63. The zero-order valence-electron chi connectivity index (χ0n) is 17.1. The Morgan fingerprint density at radius 1 is 1.37 bits per heavy atom. The Kier molecular flexibility index (Phi) is 6.19. The standard InChI is InChI=1S/C21H26FN5O3/c1-14-15(6-7-18(28)23-8-3-9-26-10-12-30-13-11-26)21(29)27-20(24-14)19-16(22)4-2-5-17(19)25-27/h2,4-5,19H,3,6-13H2,1H3,(H,23,28). The lowest BCUT2D eigenvalue weighted by atomic mass is 9.97. The van der Waals surface area contributed by atoms with Gasteiger partial charge in [-0.15, -0.1) is 0 Å².